The Kier molecular flexibility index (Phi) is 7.74. The zero-order chi connectivity index (χ0) is 36.0. The van der Waals surface area contributed by atoms with E-state index in [-0.39, 0.29) is 16.2 Å². The Labute approximate surface area is 309 Å². The number of fused-ring (bicyclic) bond motifs is 4. The first-order chi connectivity index (χ1) is 24.2. The Hall–Kier alpha value is -4.53. The maximum atomic E-state index is 6.79. The molecule has 6 aromatic carbocycles. The Balaban J connectivity index is 1.31. The minimum absolute atomic E-state index is 0.0422. The molecule has 0 aromatic heterocycles. The van der Waals surface area contributed by atoms with E-state index in [4.69, 9.17) is 4.74 Å². The number of benzene rings is 6. The van der Waals surface area contributed by atoms with Gasteiger partial charge in [0.15, 0.2) is 0 Å². The smallest absolute Gasteiger partial charge is 0.139 e. The van der Waals surface area contributed by atoms with E-state index >= 15 is 0 Å². The summed E-state index contributed by atoms with van der Waals surface area (Å²) in [5, 5.41) is 0. The van der Waals surface area contributed by atoms with Crippen LogP contribution in [0.25, 0.3) is 33.4 Å². The van der Waals surface area contributed by atoms with Crippen molar-refractivity contribution in [1.29, 1.82) is 0 Å². The zero-order valence-corrected chi connectivity index (χ0v) is 32.5. The summed E-state index contributed by atoms with van der Waals surface area (Å²) in [4.78, 5) is 2.73. The van der Waals surface area contributed by atoms with Gasteiger partial charge in [-0.3, -0.25) is 0 Å². The molecule has 0 atom stereocenters. The third kappa shape index (κ3) is 4.90. The van der Waals surface area contributed by atoms with Crippen LogP contribution in [0.5, 0.6) is 11.5 Å². The summed E-state index contributed by atoms with van der Waals surface area (Å²) in [6.45, 7) is 23.4. The normalized spacial score (nSPS) is 16.2. The first-order valence-electron chi connectivity index (χ1n) is 18.3. The first-order valence-corrected chi connectivity index (χ1v) is 19.1. The van der Waals surface area contributed by atoms with Crippen LogP contribution in [-0.4, -0.2) is 0 Å². The van der Waals surface area contributed by atoms with Crippen molar-refractivity contribution in [2.24, 2.45) is 0 Å². The molecule has 0 bridgehead atoms. The summed E-state index contributed by atoms with van der Waals surface area (Å²) in [6, 6.07) is 40.5. The molecule has 1 nitrogen and oxygen atoms in total. The number of rotatable bonds is 3. The molecule has 2 heteroatoms. The third-order valence-electron chi connectivity index (χ3n) is 12.7. The Morgan fingerprint density at radius 3 is 1.63 bits per heavy atom. The largest absolute Gasteiger partial charge is 0.456 e. The fourth-order valence-electron chi connectivity index (χ4n) is 8.96. The molecule has 256 valence electrons. The third-order valence-corrected chi connectivity index (χ3v) is 13.9. The van der Waals surface area contributed by atoms with Crippen molar-refractivity contribution in [1.82, 2.24) is 0 Å². The molecule has 0 amide bonds. The molecule has 0 saturated carbocycles. The van der Waals surface area contributed by atoms with Gasteiger partial charge in [0.05, 0.1) is 0 Å². The van der Waals surface area contributed by atoms with E-state index in [0.29, 0.717) is 0 Å². The Bertz CT molecular complexity index is 2390. The van der Waals surface area contributed by atoms with Crippen LogP contribution in [0.4, 0.5) is 0 Å². The molecule has 0 N–H and O–H groups in total. The van der Waals surface area contributed by atoms with Crippen molar-refractivity contribution >= 4 is 11.8 Å². The maximum Gasteiger partial charge on any atom is 0.139 e. The van der Waals surface area contributed by atoms with E-state index in [1.807, 2.05) is 11.8 Å². The lowest BCUT2D eigenvalue weighted by Crippen LogP contribution is -2.40. The van der Waals surface area contributed by atoms with Gasteiger partial charge in [-0.25, -0.2) is 0 Å². The first kappa shape index (κ1) is 33.6. The van der Waals surface area contributed by atoms with Crippen LogP contribution in [0, 0.1) is 27.7 Å². The molecule has 51 heavy (non-hydrogen) atoms. The fraction of sp³-hybridized carbons (Fsp3) is 0.265. The van der Waals surface area contributed by atoms with E-state index in [1.54, 1.807) is 0 Å². The highest BCUT2D eigenvalue weighted by Gasteiger charge is 2.45. The molecule has 8 rings (SSSR count). The highest BCUT2D eigenvalue weighted by molar-refractivity contribution is 7.99. The van der Waals surface area contributed by atoms with E-state index in [9.17, 15) is 0 Å². The van der Waals surface area contributed by atoms with Gasteiger partial charge < -0.3 is 4.74 Å². The Morgan fingerprint density at radius 2 is 0.961 bits per heavy atom. The summed E-state index contributed by atoms with van der Waals surface area (Å²) in [6.07, 6.45) is 0. The summed E-state index contributed by atoms with van der Waals surface area (Å²) >= 11 is 1.95. The van der Waals surface area contributed by atoms with Crippen molar-refractivity contribution in [2.75, 3.05) is 0 Å². The van der Waals surface area contributed by atoms with Crippen LogP contribution in [0.15, 0.2) is 119 Å². The summed E-state index contributed by atoms with van der Waals surface area (Å²) < 4.78 is 6.79. The van der Waals surface area contributed by atoms with E-state index < -0.39 is 0 Å². The number of aryl methyl sites for hydroxylation is 2. The number of hydrogen-bond acceptors (Lipinski definition) is 2. The van der Waals surface area contributed by atoms with Crippen LogP contribution >= 0.6 is 11.8 Å². The van der Waals surface area contributed by atoms with Crippen molar-refractivity contribution in [2.45, 2.75) is 95.3 Å². The second-order valence-corrected chi connectivity index (χ2v) is 17.3. The van der Waals surface area contributed by atoms with Crippen molar-refractivity contribution in [3.63, 3.8) is 0 Å². The second kappa shape index (κ2) is 11.8. The number of para-hydroxylation sites is 2. The van der Waals surface area contributed by atoms with Crippen molar-refractivity contribution in [3.8, 4) is 44.9 Å². The van der Waals surface area contributed by atoms with Gasteiger partial charge in [-0.15, -0.1) is 0 Å². The molecule has 0 radical (unpaired) electrons. The van der Waals surface area contributed by atoms with Gasteiger partial charge in [-0.05, 0) is 112 Å². The van der Waals surface area contributed by atoms with Crippen LogP contribution < -0.4 is 4.74 Å². The molecular formula is C49H48OS. The SMILES string of the molecule is Cc1ccc(-c2ccc(C)c(-c3cccc4c3Sc3ccccc3C(C)(C)C4(C)C)c2C)c(C)c1-c1cccc2c1Oc1ccccc1C2(C)C. The standard InChI is InChI=1S/C49H48OS/c1-29-25-27-33(31(3)43(29)35-17-15-21-39-45(35)50-41-23-13-11-19-37(41)47(39,5)6)34-28-26-30(2)44(32(34)4)36-18-16-22-40-46(36)51-42-24-14-12-20-38(42)48(7,8)49(40,9)10/h11-28H,1-10H3. The van der Waals surface area contributed by atoms with Gasteiger partial charge in [0.2, 0.25) is 0 Å². The molecule has 0 fully saturated rings. The molecule has 0 saturated heterocycles. The maximum absolute atomic E-state index is 6.79. The molecule has 0 unspecified atom stereocenters. The van der Waals surface area contributed by atoms with Gasteiger partial charge in [0, 0.05) is 31.9 Å². The molecule has 0 aliphatic carbocycles. The van der Waals surface area contributed by atoms with E-state index in [2.05, 4.69) is 178 Å². The van der Waals surface area contributed by atoms with Crippen LogP contribution in [-0.2, 0) is 16.2 Å². The van der Waals surface area contributed by atoms with Gasteiger partial charge in [-0.2, -0.15) is 0 Å². The molecular weight excluding hydrogens is 637 g/mol. The molecule has 2 aliphatic heterocycles. The predicted molar refractivity (Wildman–Crippen MR) is 217 cm³/mol. The highest BCUT2D eigenvalue weighted by atomic mass is 32.2. The second-order valence-electron chi connectivity index (χ2n) is 16.3. The quantitative estimate of drug-likeness (QED) is 0.183. The molecule has 2 aliphatic rings. The number of hydrogen-bond donors (Lipinski definition) is 0. The van der Waals surface area contributed by atoms with E-state index in [0.717, 1.165) is 17.1 Å². The molecule has 2 heterocycles. The van der Waals surface area contributed by atoms with Crippen molar-refractivity contribution < 1.29 is 4.74 Å². The predicted octanol–water partition coefficient (Wildman–Crippen LogP) is 14.1. The minimum Gasteiger partial charge on any atom is -0.456 e. The minimum atomic E-state index is -0.169. The van der Waals surface area contributed by atoms with Gasteiger partial charge in [-0.1, -0.05) is 150 Å². The average molecular weight is 685 g/mol. The lowest BCUT2D eigenvalue weighted by atomic mass is 9.61. The van der Waals surface area contributed by atoms with Crippen LogP contribution in [0.1, 0.15) is 86.1 Å². The lowest BCUT2D eigenvalue weighted by molar-refractivity contribution is 0.296. The molecule has 0 spiro atoms. The molecule has 6 aromatic rings. The fourth-order valence-corrected chi connectivity index (χ4v) is 10.5. The van der Waals surface area contributed by atoms with Gasteiger partial charge in [0.1, 0.15) is 11.5 Å². The Morgan fingerprint density at radius 1 is 0.451 bits per heavy atom. The van der Waals surface area contributed by atoms with Gasteiger partial charge >= 0.3 is 0 Å². The summed E-state index contributed by atoms with van der Waals surface area (Å²) in [5.74, 6) is 1.92. The lowest BCUT2D eigenvalue weighted by Gasteiger charge is -2.42. The van der Waals surface area contributed by atoms with Crippen LogP contribution in [0.2, 0.25) is 0 Å². The van der Waals surface area contributed by atoms with E-state index in [1.165, 1.54) is 82.1 Å². The average Bonchev–Trinajstić information content (AvgIpc) is 3.16. The van der Waals surface area contributed by atoms with Crippen LogP contribution in [0.3, 0.4) is 0 Å². The highest BCUT2D eigenvalue weighted by Crippen LogP contribution is 2.57. The monoisotopic (exact) mass is 684 g/mol. The van der Waals surface area contributed by atoms with Crippen molar-refractivity contribution in [3.05, 3.63) is 154 Å². The summed E-state index contributed by atoms with van der Waals surface area (Å²) in [7, 11) is 0. The number of ether oxygens (including phenoxy) is 1. The topological polar surface area (TPSA) is 9.23 Å². The zero-order valence-electron chi connectivity index (χ0n) is 31.7. The summed E-state index contributed by atoms with van der Waals surface area (Å²) in [5.41, 5.74) is 17.8. The van der Waals surface area contributed by atoms with Gasteiger partial charge in [0.25, 0.3) is 0 Å².